The molecule has 4 heteroatoms. The minimum absolute atomic E-state index is 0.447. The molecular formula is C10H10ClN3. The van der Waals surface area contributed by atoms with Crippen LogP contribution in [0.1, 0.15) is 30.0 Å². The van der Waals surface area contributed by atoms with Crippen molar-refractivity contribution in [2.75, 3.05) is 0 Å². The molecule has 1 aliphatic carbocycles. The van der Waals surface area contributed by atoms with E-state index in [0.717, 1.165) is 17.3 Å². The fourth-order valence-corrected chi connectivity index (χ4v) is 1.77. The summed E-state index contributed by atoms with van der Waals surface area (Å²) in [7, 11) is 0. The van der Waals surface area contributed by atoms with E-state index in [2.05, 4.69) is 16.1 Å². The van der Waals surface area contributed by atoms with Crippen LogP contribution in [0.15, 0.2) is 18.5 Å². The van der Waals surface area contributed by atoms with Crippen LogP contribution in [0, 0.1) is 0 Å². The number of halogens is 1. The maximum atomic E-state index is 5.71. The van der Waals surface area contributed by atoms with Crippen LogP contribution in [0.5, 0.6) is 0 Å². The van der Waals surface area contributed by atoms with Crippen molar-refractivity contribution >= 4 is 17.2 Å². The van der Waals surface area contributed by atoms with Gasteiger partial charge < -0.3 is 0 Å². The molecule has 2 aromatic rings. The minimum atomic E-state index is 0.447. The first-order chi connectivity index (χ1) is 6.86. The Balaban J connectivity index is 2.12. The Kier molecular flexibility index (Phi) is 1.74. The first-order valence-electron chi connectivity index (χ1n) is 4.77. The van der Waals surface area contributed by atoms with E-state index in [1.165, 1.54) is 18.4 Å². The predicted octanol–water partition coefficient (Wildman–Crippen LogP) is 2.35. The monoisotopic (exact) mass is 207 g/mol. The van der Waals surface area contributed by atoms with Gasteiger partial charge in [0.25, 0.3) is 0 Å². The molecule has 0 bridgehead atoms. The molecule has 0 aromatic carbocycles. The highest BCUT2D eigenvalue weighted by atomic mass is 35.5. The molecule has 0 spiro atoms. The molecule has 0 amide bonds. The van der Waals surface area contributed by atoms with Gasteiger partial charge in [0, 0.05) is 0 Å². The molecule has 72 valence electrons. The number of fused-ring (bicyclic) bond motifs is 1. The van der Waals surface area contributed by atoms with E-state index in [9.17, 15) is 0 Å². The molecule has 0 aliphatic heterocycles. The van der Waals surface area contributed by atoms with Crippen molar-refractivity contribution in [3.63, 3.8) is 0 Å². The van der Waals surface area contributed by atoms with Crippen molar-refractivity contribution in [2.24, 2.45) is 0 Å². The highest BCUT2D eigenvalue weighted by Crippen LogP contribution is 2.39. The molecule has 0 N–H and O–H groups in total. The summed E-state index contributed by atoms with van der Waals surface area (Å²) in [5.74, 6) is 1.17. The number of hydrogen-bond donors (Lipinski definition) is 0. The van der Waals surface area contributed by atoms with Crippen molar-refractivity contribution in [1.29, 1.82) is 0 Å². The minimum Gasteiger partial charge on any atom is -0.231 e. The second-order valence-corrected chi connectivity index (χ2v) is 4.00. The van der Waals surface area contributed by atoms with Crippen LogP contribution in [-0.2, 0) is 5.88 Å². The van der Waals surface area contributed by atoms with Crippen LogP contribution in [0.4, 0.5) is 0 Å². The van der Waals surface area contributed by atoms with E-state index in [1.807, 2.05) is 12.4 Å². The van der Waals surface area contributed by atoms with Crippen molar-refractivity contribution in [3.8, 4) is 0 Å². The number of hydrogen-bond acceptors (Lipinski definition) is 2. The van der Waals surface area contributed by atoms with Crippen molar-refractivity contribution < 1.29 is 0 Å². The third-order valence-corrected chi connectivity index (χ3v) is 2.85. The van der Waals surface area contributed by atoms with Gasteiger partial charge in [0.2, 0.25) is 0 Å². The molecule has 2 aromatic heterocycles. The summed E-state index contributed by atoms with van der Waals surface area (Å²) < 4.78 is 1.78. The van der Waals surface area contributed by atoms with Gasteiger partial charge in [0.15, 0.2) is 5.65 Å². The third kappa shape index (κ3) is 1.28. The van der Waals surface area contributed by atoms with Crippen LogP contribution in [-0.4, -0.2) is 14.6 Å². The van der Waals surface area contributed by atoms with E-state index >= 15 is 0 Å². The number of nitrogens with zero attached hydrogens (tertiary/aromatic N) is 3. The maximum absolute atomic E-state index is 5.71. The molecule has 1 saturated carbocycles. The Hall–Kier alpha value is -1.09. The highest BCUT2D eigenvalue weighted by Gasteiger charge is 2.24. The zero-order chi connectivity index (χ0) is 9.54. The van der Waals surface area contributed by atoms with Gasteiger partial charge in [-0.2, -0.15) is 5.10 Å². The molecule has 0 saturated heterocycles. The van der Waals surface area contributed by atoms with Gasteiger partial charge in [0.1, 0.15) is 0 Å². The first kappa shape index (κ1) is 8.24. The van der Waals surface area contributed by atoms with Gasteiger partial charge in [0.05, 0.1) is 24.0 Å². The van der Waals surface area contributed by atoms with Crippen LogP contribution in [0.2, 0.25) is 0 Å². The average Bonchev–Trinajstić information content (AvgIpc) is 2.97. The first-order valence-corrected chi connectivity index (χ1v) is 5.30. The lowest BCUT2D eigenvalue weighted by atomic mass is 10.2. The lowest BCUT2D eigenvalue weighted by Crippen LogP contribution is -1.91. The SMILES string of the molecule is ClCc1cn2ncc(C3CC3)cc2n1. The van der Waals surface area contributed by atoms with Crippen LogP contribution >= 0.6 is 11.6 Å². The van der Waals surface area contributed by atoms with Crippen LogP contribution in [0.3, 0.4) is 0 Å². The van der Waals surface area contributed by atoms with E-state index in [0.29, 0.717) is 5.88 Å². The van der Waals surface area contributed by atoms with Gasteiger partial charge in [-0.1, -0.05) is 0 Å². The summed E-state index contributed by atoms with van der Waals surface area (Å²) in [6.07, 6.45) is 6.39. The van der Waals surface area contributed by atoms with E-state index in [-0.39, 0.29) is 0 Å². The average molecular weight is 208 g/mol. The lowest BCUT2D eigenvalue weighted by Gasteiger charge is -1.96. The Morgan fingerprint density at radius 1 is 1.50 bits per heavy atom. The van der Waals surface area contributed by atoms with Gasteiger partial charge in [-0.15, -0.1) is 11.6 Å². The van der Waals surface area contributed by atoms with Crippen LogP contribution in [0.25, 0.3) is 5.65 Å². The number of aromatic nitrogens is 3. The predicted molar refractivity (Wildman–Crippen MR) is 54.5 cm³/mol. The smallest absolute Gasteiger partial charge is 0.154 e. The summed E-state index contributed by atoms with van der Waals surface area (Å²) in [5, 5.41) is 4.31. The van der Waals surface area contributed by atoms with Gasteiger partial charge in [-0.3, -0.25) is 0 Å². The molecule has 0 atom stereocenters. The molecule has 0 unspecified atom stereocenters. The van der Waals surface area contributed by atoms with Crippen molar-refractivity contribution in [3.05, 3.63) is 29.7 Å². The summed E-state index contributed by atoms with van der Waals surface area (Å²) in [6.45, 7) is 0. The zero-order valence-corrected chi connectivity index (χ0v) is 8.41. The Morgan fingerprint density at radius 2 is 2.36 bits per heavy atom. The van der Waals surface area contributed by atoms with E-state index in [1.54, 1.807) is 4.52 Å². The fourth-order valence-electron chi connectivity index (χ4n) is 1.64. The number of imidazole rings is 1. The normalized spacial score (nSPS) is 16.4. The summed E-state index contributed by atoms with van der Waals surface area (Å²) in [6, 6.07) is 2.11. The molecular weight excluding hydrogens is 198 g/mol. The Morgan fingerprint density at radius 3 is 3.07 bits per heavy atom. The molecule has 0 radical (unpaired) electrons. The van der Waals surface area contributed by atoms with Crippen molar-refractivity contribution in [1.82, 2.24) is 14.6 Å². The summed E-state index contributed by atoms with van der Waals surface area (Å²) in [5.41, 5.74) is 3.10. The molecule has 3 rings (SSSR count). The molecule has 2 heterocycles. The van der Waals surface area contributed by atoms with Crippen molar-refractivity contribution in [2.45, 2.75) is 24.6 Å². The highest BCUT2D eigenvalue weighted by molar-refractivity contribution is 6.16. The molecule has 14 heavy (non-hydrogen) atoms. The number of alkyl halides is 1. The standard InChI is InChI=1S/C10H10ClN3/c11-4-9-6-14-10(13-9)3-8(5-12-14)7-1-2-7/h3,5-7H,1-2,4H2. The quantitative estimate of drug-likeness (QED) is 0.708. The van der Waals surface area contributed by atoms with E-state index in [4.69, 9.17) is 11.6 Å². The summed E-state index contributed by atoms with van der Waals surface area (Å²) in [4.78, 5) is 4.37. The van der Waals surface area contributed by atoms with Gasteiger partial charge in [-0.05, 0) is 30.4 Å². The summed E-state index contributed by atoms with van der Waals surface area (Å²) >= 11 is 5.71. The Bertz CT molecular complexity index is 473. The van der Waals surface area contributed by atoms with Crippen LogP contribution < -0.4 is 0 Å². The van der Waals surface area contributed by atoms with Gasteiger partial charge >= 0.3 is 0 Å². The maximum Gasteiger partial charge on any atom is 0.154 e. The van der Waals surface area contributed by atoms with E-state index < -0.39 is 0 Å². The molecule has 1 fully saturated rings. The molecule has 1 aliphatic rings. The topological polar surface area (TPSA) is 30.2 Å². The molecule has 3 nitrogen and oxygen atoms in total. The zero-order valence-electron chi connectivity index (χ0n) is 7.65. The largest absolute Gasteiger partial charge is 0.231 e. The lowest BCUT2D eigenvalue weighted by molar-refractivity contribution is 0.909. The second kappa shape index (κ2) is 2.95. The Labute approximate surface area is 86.7 Å². The van der Waals surface area contributed by atoms with Gasteiger partial charge in [-0.25, -0.2) is 9.50 Å². The number of rotatable bonds is 2. The third-order valence-electron chi connectivity index (χ3n) is 2.58. The fraction of sp³-hybridized carbons (Fsp3) is 0.400. The second-order valence-electron chi connectivity index (χ2n) is 3.73.